The minimum absolute atomic E-state index is 0.135. The van der Waals surface area contributed by atoms with Crippen molar-refractivity contribution < 1.29 is 18.4 Å². The summed E-state index contributed by atoms with van der Waals surface area (Å²) in [5.41, 5.74) is 0.398. The predicted octanol–water partition coefficient (Wildman–Crippen LogP) is 3.57. The van der Waals surface area contributed by atoms with Crippen LogP contribution in [0.15, 0.2) is 69.9 Å². The van der Waals surface area contributed by atoms with Crippen LogP contribution in [0.1, 0.15) is 23.0 Å². The van der Waals surface area contributed by atoms with Gasteiger partial charge in [0.1, 0.15) is 20.6 Å². The van der Waals surface area contributed by atoms with Gasteiger partial charge in [-0.1, -0.05) is 42.2 Å². The van der Waals surface area contributed by atoms with Crippen LogP contribution in [0.25, 0.3) is 0 Å². The fourth-order valence-corrected chi connectivity index (χ4v) is 7.89. The van der Waals surface area contributed by atoms with Gasteiger partial charge in [-0.15, -0.1) is 0 Å². The molecule has 7 nitrogen and oxygen atoms in total. The highest BCUT2D eigenvalue weighted by atomic mass is 32.2. The van der Waals surface area contributed by atoms with E-state index in [9.17, 15) is 9.59 Å². The largest absolute Gasteiger partial charge is 0.469 e. The number of thiocarbonyl (C=S) groups is 1. The van der Waals surface area contributed by atoms with Gasteiger partial charge in [0.2, 0.25) is 5.91 Å². The summed E-state index contributed by atoms with van der Waals surface area (Å²) < 4.78 is 10.6. The van der Waals surface area contributed by atoms with E-state index >= 15 is 0 Å². The van der Waals surface area contributed by atoms with Crippen LogP contribution in [0, 0.1) is 0 Å². The van der Waals surface area contributed by atoms with Crippen LogP contribution < -0.4 is 4.90 Å². The molecule has 3 atom stereocenters. The average Bonchev–Trinajstić information content (AvgIpc) is 3.62. The Bertz CT molecular complexity index is 1270. The van der Waals surface area contributed by atoms with Crippen molar-refractivity contribution >= 4 is 45.8 Å². The number of rotatable bonds is 3. The SMILES string of the molecule is CN1C(=O)[C@]2(c3ccccc31)N(C)C[C@H](c1ccco1)[C@]21SC(=S)N(Cc2ccco2)C1=O. The summed E-state index contributed by atoms with van der Waals surface area (Å²) in [6.07, 6.45) is 3.18. The van der Waals surface area contributed by atoms with Crippen LogP contribution >= 0.6 is 24.0 Å². The van der Waals surface area contributed by atoms with E-state index < -0.39 is 10.3 Å². The maximum Gasteiger partial charge on any atom is 0.254 e. The van der Waals surface area contributed by atoms with Crippen molar-refractivity contribution in [2.24, 2.45) is 0 Å². The Morgan fingerprint density at radius 1 is 1.03 bits per heavy atom. The Balaban J connectivity index is 1.60. The molecule has 5 heterocycles. The van der Waals surface area contributed by atoms with Gasteiger partial charge in [-0.25, -0.2) is 0 Å². The van der Waals surface area contributed by atoms with Crippen molar-refractivity contribution in [3.63, 3.8) is 0 Å². The van der Waals surface area contributed by atoms with Gasteiger partial charge in [0.25, 0.3) is 5.91 Å². The molecular formula is C24H21N3O4S2. The first kappa shape index (κ1) is 20.7. The number of likely N-dealkylation sites (tertiary alicyclic amines) is 1. The first-order chi connectivity index (χ1) is 15.9. The molecule has 0 bridgehead atoms. The molecule has 2 amide bonds. The van der Waals surface area contributed by atoms with Crippen LogP contribution in [-0.2, 0) is 21.7 Å². The maximum atomic E-state index is 14.5. The standard InChI is InChI=1S/C24H21N3O4S2/c1-25-14-17(19-10-6-12-31-19)24(21(29)27(22(32)33-24)13-15-7-5-11-30-15)23(25)16-8-3-4-9-18(16)26(2)20(23)28/h3-12,17H,13-14H2,1-2H3/t17-,23+,24-/m1/s1. The van der Waals surface area contributed by atoms with Crippen molar-refractivity contribution in [2.45, 2.75) is 22.7 Å². The lowest BCUT2D eigenvalue weighted by molar-refractivity contribution is -0.139. The van der Waals surface area contributed by atoms with E-state index in [-0.39, 0.29) is 24.3 Å². The number of likely N-dealkylation sites (N-methyl/N-ethyl adjacent to an activating group) is 2. The van der Waals surface area contributed by atoms with Gasteiger partial charge < -0.3 is 13.7 Å². The summed E-state index contributed by atoms with van der Waals surface area (Å²) in [5.74, 6) is 0.593. The molecule has 3 aliphatic rings. The van der Waals surface area contributed by atoms with Crippen molar-refractivity contribution in [3.05, 3.63) is 78.1 Å². The lowest BCUT2D eigenvalue weighted by atomic mass is 9.73. The number of hydrogen-bond donors (Lipinski definition) is 0. The van der Waals surface area contributed by atoms with Crippen molar-refractivity contribution in [3.8, 4) is 0 Å². The quantitative estimate of drug-likeness (QED) is 0.532. The minimum Gasteiger partial charge on any atom is -0.469 e. The Hall–Kier alpha value is -2.88. The van der Waals surface area contributed by atoms with Gasteiger partial charge >= 0.3 is 0 Å². The number of para-hydroxylation sites is 1. The normalized spacial score (nSPS) is 29.3. The second-order valence-corrected chi connectivity index (χ2v) is 10.5. The molecule has 0 unspecified atom stereocenters. The Morgan fingerprint density at radius 2 is 1.79 bits per heavy atom. The lowest BCUT2D eigenvalue weighted by Crippen LogP contribution is -2.62. The second-order valence-electron chi connectivity index (χ2n) is 8.61. The van der Waals surface area contributed by atoms with E-state index in [4.69, 9.17) is 21.1 Å². The van der Waals surface area contributed by atoms with Crippen LogP contribution in [0.3, 0.4) is 0 Å². The van der Waals surface area contributed by atoms with Crippen LogP contribution in [0.2, 0.25) is 0 Å². The second kappa shape index (κ2) is 7.06. The van der Waals surface area contributed by atoms with E-state index in [0.29, 0.717) is 22.4 Å². The highest BCUT2D eigenvalue weighted by Crippen LogP contribution is 2.66. The molecule has 6 rings (SSSR count). The number of hydrogen-bond acceptors (Lipinski definition) is 7. The fraction of sp³-hybridized carbons (Fsp3) is 0.292. The lowest BCUT2D eigenvalue weighted by Gasteiger charge is -2.41. The number of nitrogens with zero attached hydrogens (tertiary/aromatic N) is 3. The van der Waals surface area contributed by atoms with E-state index in [0.717, 1.165) is 11.3 Å². The molecule has 2 spiro atoms. The van der Waals surface area contributed by atoms with E-state index in [1.807, 2.05) is 54.4 Å². The van der Waals surface area contributed by atoms with E-state index in [1.54, 1.807) is 35.4 Å². The van der Waals surface area contributed by atoms with Crippen molar-refractivity contribution in [1.82, 2.24) is 9.80 Å². The van der Waals surface area contributed by atoms with Gasteiger partial charge in [-0.05, 0) is 37.4 Å². The third kappa shape index (κ3) is 2.42. The third-order valence-electron chi connectivity index (χ3n) is 7.14. The van der Waals surface area contributed by atoms with Gasteiger partial charge in [0.15, 0.2) is 5.54 Å². The Kier molecular flexibility index (Phi) is 4.43. The molecule has 168 valence electrons. The molecule has 0 saturated carbocycles. The Labute approximate surface area is 200 Å². The van der Waals surface area contributed by atoms with E-state index in [1.165, 1.54) is 11.8 Å². The van der Waals surface area contributed by atoms with Gasteiger partial charge in [0.05, 0.1) is 25.0 Å². The molecule has 2 aromatic heterocycles. The first-order valence-electron chi connectivity index (χ1n) is 10.6. The molecule has 3 aromatic rings. The molecule has 2 fully saturated rings. The Morgan fingerprint density at radius 3 is 2.52 bits per heavy atom. The number of amides is 2. The zero-order chi connectivity index (χ0) is 23.0. The summed E-state index contributed by atoms with van der Waals surface area (Å²) in [5, 5.41) is 0. The highest BCUT2D eigenvalue weighted by molar-refractivity contribution is 8.25. The molecule has 3 aliphatic heterocycles. The summed E-state index contributed by atoms with van der Waals surface area (Å²) in [6, 6.07) is 15.0. The molecule has 1 aromatic carbocycles. The molecule has 0 N–H and O–H groups in total. The van der Waals surface area contributed by atoms with Gasteiger partial charge in [-0.3, -0.25) is 19.4 Å². The summed E-state index contributed by atoms with van der Waals surface area (Å²) in [7, 11) is 3.67. The fourth-order valence-electron chi connectivity index (χ4n) is 5.79. The zero-order valence-corrected chi connectivity index (χ0v) is 19.7. The minimum atomic E-state index is -1.22. The summed E-state index contributed by atoms with van der Waals surface area (Å²) in [6.45, 7) is 0.688. The molecule has 33 heavy (non-hydrogen) atoms. The average molecular weight is 480 g/mol. The van der Waals surface area contributed by atoms with Crippen molar-refractivity contribution in [2.75, 3.05) is 25.5 Å². The first-order valence-corrected chi connectivity index (χ1v) is 11.8. The molecule has 0 aliphatic carbocycles. The number of carbonyl (C=O) groups is 2. The van der Waals surface area contributed by atoms with E-state index in [2.05, 4.69) is 0 Å². The summed E-state index contributed by atoms with van der Waals surface area (Å²) >= 11 is 7.06. The number of furan rings is 2. The van der Waals surface area contributed by atoms with Gasteiger partial charge in [0, 0.05) is 24.8 Å². The summed E-state index contributed by atoms with van der Waals surface area (Å²) in [4.78, 5) is 33.9. The van der Waals surface area contributed by atoms with Crippen molar-refractivity contribution in [1.29, 1.82) is 0 Å². The molecule has 0 radical (unpaired) electrons. The number of carbonyl (C=O) groups excluding carboxylic acids is 2. The number of thioether (sulfide) groups is 1. The predicted molar refractivity (Wildman–Crippen MR) is 128 cm³/mol. The molecule has 9 heteroatoms. The van der Waals surface area contributed by atoms with Crippen LogP contribution in [-0.4, -0.2) is 51.3 Å². The maximum absolute atomic E-state index is 14.5. The zero-order valence-electron chi connectivity index (χ0n) is 18.1. The van der Waals surface area contributed by atoms with Crippen LogP contribution in [0.5, 0.6) is 0 Å². The monoisotopic (exact) mass is 479 g/mol. The third-order valence-corrected chi connectivity index (χ3v) is 9.08. The molecular weight excluding hydrogens is 458 g/mol. The highest BCUT2D eigenvalue weighted by Gasteiger charge is 2.79. The topological polar surface area (TPSA) is 70.1 Å². The van der Waals surface area contributed by atoms with Crippen LogP contribution in [0.4, 0.5) is 5.69 Å². The number of anilines is 1. The number of benzene rings is 1. The van der Waals surface area contributed by atoms with Gasteiger partial charge in [-0.2, -0.15) is 0 Å². The smallest absolute Gasteiger partial charge is 0.254 e. The molecule has 2 saturated heterocycles. The number of fused-ring (bicyclic) bond motifs is 3.